The van der Waals surface area contributed by atoms with Crippen molar-refractivity contribution in [1.82, 2.24) is 4.90 Å². The average Bonchev–Trinajstić information content (AvgIpc) is 2.28. The van der Waals surface area contributed by atoms with Crippen LogP contribution in [0.2, 0.25) is 0 Å². The Kier molecular flexibility index (Phi) is 3.62. The topological polar surface area (TPSA) is 47.7 Å². The van der Waals surface area contributed by atoms with Crippen LogP contribution in [0.25, 0.3) is 0 Å². The van der Waals surface area contributed by atoms with Gasteiger partial charge in [-0.1, -0.05) is 0 Å². The summed E-state index contributed by atoms with van der Waals surface area (Å²) in [6, 6.07) is 6.59. The fourth-order valence-corrected chi connectivity index (χ4v) is 2.83. The van der Waals surface area contributed by atoms with Gasteiger partial charge in [0.25, 0.3) is 0 Å². The molecule has 1 aromatic rings. The van der Waals surface area contributed by atoms with Gasteiger partial charge in [0.1, 0.15) is 11.9 Å². The predicted molar refractivity (Wildman–Crippen MR) is 75.4 cm³/mol. The molecule has 2 fully saturated rings. The van der Waals surface area contributed by atoms with E-state index >= 15 is 0 Å². The lowest BCUT2D eigenvalue weighted by molar-refractivity contribution is -0.0778. The van der Waals surface area contributed by atoms with Gasteiger partial charge in [0.2, 0.25) is 0 Å². The van der Waals surface area contributed by atoms with Crippen molar-refractivity contribution in [1.29, 1.82) is 0 Å². The van der Waals surface area contributed by atoms with E-state index in [2.05, 4.69) is 11.0 Å². The molecule has 2 aliphatic heterocycles. The summed E-state index contributed by atoms with van der Waals surface area (Å²) < 4.78 is 11.3. The van der Waals surface area contributed by atoms with Gasteiger partial charge in [-0.05, 0) is 37.5 Å². The smallest absolute Gasteiger partial charge is 0.122 e. The lowest BCUT2D eigenvalue weighted by Gasteiger charge is -2.41. The number of likely N-dealkylation sites (tertiary alicyclic amines) is 1. The summed E-state index contributed by atoms with van der Waals surface area (Å²) in [5.74, 6) is 0.905. The van der Waals surface area contributed by atoms with Gasteiger partial charge < -0.3 is 15.2 Å². The van der Waals surface area contributed by atoms with Crippen molar-refractivity contribution in [3.05, 3.63) is 23.8 Å². The van der Waals surface area contributed by atoms with Gasteiger partial charge in [-0.3, -0.25) is 4.90 Å². The van der Waals surface area contributed by atoms with Gasteiger partial charge in [0.15, 0.2) is 0 Å². The summed E-state index contributed by atoms with van der Waals surface area (Å²) >= 11 is 0. The Morgan fingerprint density at radius 2 is 1.95 bits per heavy atom. The molecule has 104 valence electrons. The van der Waals surface area contributed by atoms with E-state index in [9.17, 15) is 0 Å². The van der Waals surface area contributed by atoms with Crippen molar-refractivity contribution in [2.75, 3.05) is 32.0 Å². The largest absolute Gasteiger partial charge is 0.490 e. The molecule has 2 N–H and O–H groups in total. The number of rotatable bonds is 3. The van der Waals surface area contributed by atoms with Gasteiger partial charge in [0.05, 0.1) is 19.3 Å². The summed E-state index contributed by atoms with van der Waals surface area (Å²) in [6.07, 6.45) is 2.49. The minimum absolute atomic E-state index is 0.318. The summed E-state index contributed by atoms with van der Waals surface area (Å²) in [7, 11) is 0. The first-order valence-corrected chi connectivity index (χ1v) is 7.06. The molecule has 0 saturated carbocycles. The highest BCUT2D eigenvalue weighted by atomic mass is 16.5. The maximum absolute atomic E-state index is 6.06. The first-order valence-electron chi connectivity index (χ1n) is 7.06. The van der Waals surface area contributed by atoms with Gasteiger partial charge in [-0.25, -0.2) is 0 Å². The van der Waals surface area contributed by atoms with Crippen LogP contribution in [0.15, 0.2) is 18.2 Å². The number of nitrogen functional groups attached to an aromatic ring is 1. The van der Waals surface area contributed by atoms with Crippen LogP contribution in [0.1, 0.15) is 18.4 Å². The van der Waals surface area contributed by atoms with E-state index < -0.39 is 0 Å². The number of nitrogens with zero attached hydrogens (tertiary/aromatic N) is 1. The van der Waals surface area contributed by atoms with E-state index in [0.717, 1.165) is 56.1 Å². The van der Waals surface area contributed by atoms with E-state index in [1.165, 1.54) is 0 Å². The zero-order valence-corrected chi connectivity index (χ0v) is 11.5. The van der Waals surface area contributed by atoms with Crippen molar-refractivity contribution in [3.8, 4) is 5.75 Å². The molecule has 2 saturated heterocycles. The molecular weight excluding hydrogens is 240 g/mol. The van der Waals surface area contributed by atoms with Crippen LogP contribution in [0.3, 0.4) is 0 Å². The average molecular weight is 262 g/mol. The third-order valence-electron chi connectivity index (χ3n) is 3.99. The number of anilines is 1. The molecule has 0 aromatic heterocycles. The second kappa shape index (κ2) is 5.39. The highest BCUT2D eigenvalue weighted by molar-refractivity contribution is 5.47. The molecule has 2 heterocycles. The van der Waals surface area contributed by atoms with Crippen LogP contribution >= 0.6 is 0 Å². The molecule has 4 nitrogen and oxygen atoms in total. The predicted octanol–water partition coefficient (Wildman–Crippen LogP) is 1.82. The lowest BCUT2D eigenvalue weighted by atomic mass is 10.0. The Bertz CT molecular complexity index is 418. The molecule has 0 unspecified atom stereocenters. The van der Waals surface area contributed by atoms with Crippen LogP contribution in [-0.4, -0.2) is 43.3 Å². The molecule has 0 bridgehead atoms. The minimum atomic E-state index is 0.318. The number of hydrogen-bond acceptors (Lipinski definition) is 4. The zero-order valence-electron chi connectivity index (χ0n) is 11.5. The Morgan fingerprint density at radius 1 is 1.21 bits per heavy atom. The van der Waals surface area contributed by atoms with Crippen molar-refractivity contribution in [3.63, 3.8) is 0 Å². The summed E-state index contributed by atoms with van der Waals surface area (Å²) in [5, 5.41) is 0. The van der Waals surface area contributed by atoms with Crippen LogP contribution in [0, 0.1) is 6.92 Å². The van der Waals surface area contributed by atoms with Crippen LogP contribution in [-0.2, 0) is 4.74 Å². The van der Waals surface area contributed by atoms with Crippen LogP contribution in [0.4, 0.5) is 5.69 Å². The van der Waals surface area contributed by atoms with Crippen molar-refractivity contribution < 1.29 is 9.47 Å². The monoisotopic (exact) mass is 262 g/mol. The van der Waals surface area contributed by atoms with Gasteiger partial charge in [-0.2, -0.15) is 0 Å². The van der Waals surface area contributed by atoms with E-state index in [1.807, 2.05) is 19.1 Å². The molecular formula is C15H22N2O2. The maximum atomic E-state index is 6.06. The van der Waals surface area contributed by atoms with Crippen LogP contribution < -0.4 is 10.5 Å². The lowest BCUT2D eigenvalue weighted by Crippen LogP contribution is -2.52. The van der Waals surface area contributed by atoms with Gasteiger partial charge >= 0.3 is 0 Å². The minimum Gasteiger partial charge on any atom is -0.490 e. The van der Waals surface area contributed by atoms with E-state index in [0.29, 0.717) is 12.1 Å². The molecule has 19 heavy (non-hydrogen) atoms. The van der Waals surface area contributed by atoms with Crippen molar-refractivity contribution in [2.24, 2.45) is 0 Å². The SMILES string of the molecule is Cc1cc(N)cc(OC2CCN(C3COC3)CC2)c1. The van der Waals surface area contributed by atoms with Gasteiger partial charge in [0, 0.05) is 24.8 Å². The standard InChI is InChI=1S/C15H22N2O2/c1-11-6-12(16)8-15(7-11)19-14-2-4-17(5-3-14)13-9-18-10-13/h6-8,13-14H,2-5,9-10,16H2,1H3. The summed E-state index contributed by atoms with van der Waals surface area (Å²) in [5.41, 5.74) is 7.78. The fourth-order valence-electron chi connectivity index (χ4n) is 2.83. The Balaban J connectivity index is 1.53. The first-order chi connectivity index (χ1) is 9.20. The van der Waals surface area contributed by atoms with Gasteiger partial charge in [-0.15, -0.1) is 0 Å². The third-order valence-corrected chi connectivity index (χ3v) is 3.99. The van der Waals surface area contributed by atoms with Crippen LogP contribution in [0.5, 0.6) is 5.75 Å². The second-order valence-electron chi connectivity index (χ2n) is 5.62. The molecule has 0 spiro atoms. The molecule has 2 aliphatic rings. The fraction of sp³-hybridized carbons (Fsp3) is 0.600. The molecule has 3 rings (SSSR count). The van der Waals surface area contributed by atoms with E-state index in [-0.39, 0.29) is 0 Å². The number of benzene rings is 1. The van der Waals surface area contributed by atoms with Crippen molar-refractivity contribution in [2.45, 2.75) is 31.9 Å². The zero-order chi connectivity index (χ0) is 13.2. The first kappa shape index (κ1) is 12.8. The number of piperidine rings is 1. The molecule has 0 amide bonds. The quantitative estimate of drug-likeness (QED) is 0.844. The highest BCUT2D eigenvalue weighted by Gasteiger charge is 2.30. The van der Waals surface area contributed by atoms with E-state index in [1.54, 1.807) is 0 Å². The number of nitrogens with two attached hydrogens (primary N) is 1. The Hall–Kier alpha value is -1.26. The molecule has 1 aromatic carbocycles. The molecule has 4 heteroatoms. The Labute approximate surface area is 114 Å². The number of ether oxygens (including phenoxy) is 2. The highest BCUT2D eigenvalue weighted by Crippen LogP contribution is 2.24. The van der Waals surface area contributed by atoms with E-state index in [4.69, 9.17) is 15.2 Å². The molecule has 0 aliphatic carbocycles. The number of aryl methyl sites for hydroxylation is 1. The summed E-state index contributed by atoms with van der Waals surface area (Å²) in [6.45, 7) is 6.07. The third kappa shape index (κ3) is 3.01. The second-order valence-corrected chi connectivity index (χ2v) is 5.62. The summed E-state index contributed by atoms with van der Waals surface area (Å²) in [4.78, 5) is 2.52. The normalized spacial score (nSPS) is 22.2. The Morgan fingerprint density at radius 3 is 2.53 bits per heavy atom. The molecule has 0 atom stereocenters. The molecule has 0 radical (unpaired) electrons. The number of hydrogen-bond donors (Lipinski definition) is 1. The maximum Gasteiger partial charge on any atom is 0.122 e. The van der Waals surface area contributed by atoms with Crippen molar-refractivity contribution >= 4 is 5.69 Å².